The van der Waals surface area contributed by atoms with Gasteiger partial charge in [0.15, 0.2) is 6.61 Å². The van der Waals surface area contributed by atoms with Crippen LogP contribution in [0.15, 0.2) is 53.6 Å². The van der Waals surface area contributed by atoms with Crippen LogP contribution in [0.3, 0.4) is 0 Å². The minimum Gasteiger partial charge on any atom is -0.483 e. The number of nitrogens with zero attached hydrogens (tertiary/aromatic N) is 1. The van der Waals surface area contributed by atoms with Crippen molar-refractivity contribution in [2.45, 2.75) is 33.6 Å². The number of hydrogen-bond acceptors (Lipinski definition) is 3. The van der Waals surface area contributed by atoms with Gasteiger partial charge in [-0.2, -0.15) is 5.10 Å². The van der Waals surface area contributed by atoms with Crippen LogP contribution in [0.4, 0.5) is 0 Å². The van der Waals surface area contributed by atoms with Crippen LogP contribution in [0.1, 0.15) is 43.4 Å². The van der Waals surface area contributed by atoms with Crippen molar-refractivity contribution in [2.24, 2.45) is 5.10 Å². The first kappa shape index (κ1) is 17.7. The van der Waals surface area contributed by atoms with Gasteiger partial charge in [0.1, 0.15) is 5.75 Å². The molecule has 0 fully saturated rings. The zero-order valence-corrected chi connectivity index (χ0v) is 14.7. The molecule has 24 heavy (non-hydrogen) atoms. The van der Waals surface area contributed by atoms with Gasteiger partial charge in [-0.1, -0.05) is 56.3 Å². The Kier molecular flexibility index (Phi) is 6.13. The number of para-hydroxylation sites is 1. The second-order valence-electron chi connectivity index (χ2n) is 6.06. The first-order valence-electron chi connectivity index (χ1n) is 8.09. The van der Waals surface area contributed by atoms with Crippen molar-refractivity contribution in [1.29, 1.82) is 0 Å². The number of hydrogen-bond donors (Lipinski definition) is 1. The van der Waals surface area contributed by atoms with E-state index in [0.717, 1.165) is 16.8 Å². The van der Waals surface area contributed by atoms with Gasteiger partial charge in [-0.3, -0.25) is 4.79 Å². The number of nitrogens with one attached hydrogen (secondary N) is 1. The highest BCUT2D eigenvalue weighted by molar-refractivity contribution is 5.99. The molecule has 0 aromatic heterocycles. The molecule has 1 N–H and O–H groups in total. The molecule has 0 heterocycles. The van der Waals surface area contributed by atoms with E-state index < -0.39 is 0 Å². The van der Waals surface area contributed by atoms with Crippen LogP contribution in [0.2, 0.25) is 0 Å². The van der Waals surface area contributed by atoms with Crippen LogP contribution in [0, 0.1) is 6.92 Å². The summed E-state index contributed by atoms with van der Waals surface area (Å²) in [5, 5.41) is 4.14. The Labute approximate surface area is 143 Å². The number of aryl methyl sites for hydroxylation is 1. The summed E-state index contributed by atoms with van der Waals surface area (Å²) in [6.45, 7) is 8.06. The Hall–Kier alpha value is -2.62. The van der Waals surface area contributed by atoms with Gasteiger partial charge < -0.3 is 4.74 Å². The maximum absolute atomic E-state index is 11.9. The number of ether oxygens (including phenoxy) is 1. The molecule has 0 bridgehead atoms. The quantitative estimate of drug-likeness (QED) is 0.644. The third kappa shape index (κ3) is 4.95. The Morgan fingerprint density at radius 1 is 1.12 bits per heavy atom. The van der Waals surface area contributed by atoms with E-state index in [1.807, 2.05) is 50.2 Å². The summed E-state index contributed by atoms with van der Waals surface area (Å²) in [6, 6.07) is 15.8. The van der Waals surface area contributed by atoms with E-state index in [-0.39, 0.29) is 12.5 Å². The van der Waals surface area contributed by atoms with Crippen LogP contribution >= 0.6 is 0 Å². The van der Waals surface area contributed by atoms with Gasteiger partial charge in [0.05, 0.1) is 5.71 Å². The molecule has 0 atom stereocenters. The van der Waals surface area contributed by atoms with Gasteiger partial charge in [-0.25, -0.2) is 5.43 Å². The summed E-state index contributed by atoms with van der Waals surface area (Å²) in [7, 11) is 0. The Morgan fingerprint density at radius 2 is 1.79 bits per heavy atom. The van der Waals surface area contributed by atoms with Crippen LogP contribution in [-0.2, 0) is 4.79 Å². The number of carbonyl (C=O) groups is 1. The lowest BCUT2D eigenvalue weighted by Crippen LogP contribution is -2.25. The van der Waals surface area contributed by atoms with Crippen molar-refractivity contribution in [1.82, 2.24) is 5.43 Å². The van der Waals surface area contributed by atoms with Crippen molar-refractivity contribution < 1.29 is 9.53 Å². The van der Waals surface area contributed by atoms with E-state index >= 15 is 0 Å². The Bertz CT molecular complexity index is 719. The van der Waals surface area contributed by atoms with E-state index in [2.05, 4.69) is 36.5 Å². The second-order valence-corrected chi connectivity index (χ2v) is 6.06. The Morgan fingerprint density at radius 3 is 2.42 bits per heavy atom. The van der Waals surface area contributed by atoms with E-state index in [1.54, 1.807) is 0 Å². The lowest BCUT2D eigenvalue weighted by molar-refractivity contribution is -0.123. The molecule has 0 aliphatic carbocycles. The zero-order valence-electron chi connectivity index (χ0n) is 14.7. The predicted molar refractivity (Wildman–Crippen MR) is 97.6 cm³/mol. The molecule has 0 saturated heterocycles. The second kappa shape index (κ2) is 8.29. The average molecular weight is 324 g/mol. The smallest absolute Gasteiger partial charge is 0.277 e. The Balaban J connectivity index is 1.89. The highest BCUT2D eigenvalue weighted by atomic mass is 16.5. The molecule has 4 nitrogen and oxygen atoms in total. The highest BCUT2D eigenvalue weighted by Crippen LogP contribution is 2.16. The molecule has 0 spiro atoms. The normalized spacial score (nSPS) is 11.5. The van der Waals surface area contributed by atoms with Crippen LogP contribution < -0.4 is 10.2 Å². The van der Waals surface area contributed by atoms with Crippen molar-refractivity contribution in [3.63, 3.8) is 0 Å². The SMILES string of the molecule is CC(=NNC(=O)COc1ccccc1C)c1ccc(C(C)C)cc1. The van der Waals surface area contributed by atoms with Crippen molar-refractivity contribution in [3.05, 3.63) is 65.2 Å². The molecule has 0 radical (unpaired) electrons. The molecular weight excluding hydrogens is 300 g/mol. The average Bonchev–Trinajstić information content (AvgIpc) is 2.59. The molecule has 4 heteroatoms. The zero-order chi connectivity index (χ0) is 17.5. The summed E-state index contributed by atoms with van der Waals surface area (Å²) in [5.41, 5.74) is 6.55. The number of amides is 1. The van der Waals surface area contributed by atoms with E-state index in [4.69, 9.17) is 4.74 Å². The lowest BCUT2D eigenvalue weighted by Gasteiger charge is -2.08. The van der Waals surface area contributed by atoms with Crippen LogP contribution in [0.5, 0.6) is 5.75 Å². The van der Waals surface area contributed by atoms with Gasteiger partial charge in [0.2, 0.25) is 0 Å². The van der Waals surface area contributed by atoms with E-state index in [9.17, 15) is 4.79 Å². The standard InChI is InChI=1S/C20H24N2O2/c1-14(2)17-9-11-18(12-10-17)16(4)21-22-20(23)13-24-19-8-6-5-7-15(19)3/h5-12,14H,13H2,1-4H3,(H,22,23). The van der Waals surface area contributed by atoms with Crippen molar-refractivity contribution in [3.8, 4) is 5.75 Å². The minimum absolute atomic E-state index is 0.0616. The fourth-order valence-corrected chi connectivity index (χ4v) is 2.21. The molecule has 0 aliphatic rings. The molecular formula is C20H24N2O2. The molecule has 0 aliphatic heterocycles. The van der Waals surface area contributed by atoms with Gasteiger partial charge in [-0.15, -0.1) is 0 Å². The molecule has 2 rings (SSSR count). The van der Waals surface area contributed by atoms with Gasteiger partial charge in [0, 0.05) is 0 Å². The van der Waals surface area contributed by atoms with Crippen LogP contribution in [0.25, 0.3) is 0 Å². The van der Waals surface area contributed by atoms with E-state index in [0.29, 0.717) is 11.7 Å². The van der Waals surface area contributed by atoms with Gasteiger partial charge >= 0.3 is 0 Å². The third-order valence-electron chi connectivity index (χ3n) is 3.80. The van der Waals surface area contributed by atoms with Crippen molar-refractivity contribution >= 4 is 11.6 Å². The topological polar surface area (TPSA) is 50.7 Å². The number of benzene rings is 2. The summed E-state index contributed by atoms with van der Waals surface area (Å²) in [4.78, 5) is 11.9. The monoisotopic (exact) mass is 324 g/mol. The lowest BCUT2D eigenvalue weighted by atomic mass is 10.0. The van der Waals surface area contributed by atoms with E-state index in [1.165, 1.54) is 5.56 Å². The molecule has 1 amide bonds. The molecule has 0 unspecified atom stereocenters. The highest BCUT2D eigenvalue weighted by Gasteiger charge is 2.05. The summed E-state index contributed by atoms with van der Waals surface area (Å²) in [5.74, 6) is 0.920. The molecule has 2 aromatic carbocycles. The maximum Gasteiger partial charge on any atom is 0.277 e. The maximum atomic E-state index is 11.9. The summed E-state index contributed by atoms with van der Waals surface area (Å²) >= 11 is 0. The summed E-state index contributed by atoms with van der Waals surface area (Å²) < 4.78 is 5.50. The van der Waals surface area contributed by atoms with Gasteiger partial charge in [0.25, 0.3) is 5.91 Å². The van der Waals surface area contributed by atoms with Crippen molar-refractivity contribution in [2.75, 3.05) is 6.61 Å². The fraction of sp³-hybridized carbons (Fsp3) is 0.300. The predicted octanol–water partition coefficient (Wildman–Crippen LogP) is 4.04. The number of carbonyl (C=O) groups excluding carboxylic acids is 1. The van der Waals surface area contributed by atoms with Gasteiger partial charge in [-0.05, 0) is 42.5 Å². The number of hydrazone groups is 1. The first-order valence-corrected chi connectivity index (χ1v) is 8.09. The largest absolute Gasteiger partial charge is 0.483 e. The summed E-state index contributed by atoms with van der Waals surface area (Å²) in [6.07, 6.45) is 0. The molecule has 126 valence electrons. The molecule has 0 saturated carbocycles. The minimum atomic E-state index is -0.281. The van der Waals surface area contributed by atoms with Crippen LogP contribution in [-0.4, -0.2) is 18.2 Å². The number of rotatable bonds is 6. The fourth-order valence-electron chi connectivity index (χ4n) is 2.21. The molecule has 2 aromatic rings. The third-order valence-corrected chi connectivity index (χ3v) is 3.80. The first-order chi connectivity index (χ1) is 11.5.